The van der Waals surface area contributed by atoms with Gasteiger partial charge in [-0.1, -0.05) is 56.1 Å². The van der Waals surface area contributed by atoms with E-state index in [9.17, 15) is 0 Å². The lowest BCUT2D eigenvalue weighted by molar-refractivity contribution is -0.203. The van der Waals surface area contributed by atoms with Gasteiger partial charge in [0.2, 0.25) is 0 Å². The molecule has 2 atom stereocenters. The van der Waals surface area contributed by atoms with Crippen molar-refractivity contribution < 1.29 is 9.47 Å². The topological polar surface area (TPSA) is 18.5 Å². The number of hydrogen-bond acceptors (Lipinski definition) is 2. The molecule has 130 valence electrons. The van der Waals surface area contributed by atoms with E-state index in [1.165, 1.54) is 0 Å². The van der Waals surface area contributed by atoms with Crippen molar-refractivity contribution >= 4 is 31.9 Å². The van der Waals surface area contributed by atoms with Crippen molar-refractivity contribution in [2.45, 2.75) is 38.9 Å². The summed E-state index contributed by atoms with van der Waals surface area (Å²) in [7, 11) is 0. The molecule has 0 N–H and O–H groups in total. The van der Waals surface area contributed by atoms with Gasteiger partial charge in [0, 0.05) is 22.2 Å². The Hall–Kier alpha value is -0.680. The molecule has 24 heavy (non-hydrogen) atoms. The summed E-state index contributed by atoms with van der Waals surface area (Å²) in [6, 6.07) is 16.5. The molecule has 0 fully saturated rings. The summed E-state index contributed by atoms with van der Waals surface area (Å²) in [4.78, 5) is 0. The first kappa shape index (κ1) is 19.6. The molecule has 0 aliphatic rings. The fourth-order valence-corrected chi connectivity index (χ4v) is 3.63. The second-order valence-electron chi connectivity index (χ2n) is 5.95. The average molecular weight is 456 g/mol. The highest BCUT2D eigenvalue weighted by Crippen LogP contribution is 2.46. The number of ether oxygens (including phenoxy) is 2. The third kappa shape index (κ3) is 3.77. The van der Waals surface area contributed by atoms with Crippen molar-refractivity contribution in [3.63, 3.8) is 0 Å². The molecule has 0 aromatic heterocycles. The van der Waals surface area contributed by atoms with Crippen molar-refractivity contribution in [2.24, 2.45) is 0 Å². The van der Waals surface area contributed by atoms with Gasteiger partial charge in [-0.15, -0.1) is 0 Å². The Morgan fingerprint density at radius 3 is 1.21 bits per heavy atom. The molecule has 2 rings (SSSR count). The Labute approximate surface area is 161 Å². The summed E-state index contributed by atoms with van der Waals surface area (Å²) in [6.45, 7) is 9.46. The maximum Gasteiger partial charge on any atom is 0.123 e. The molecule has 4 heteroatoms. The Morgan fingerprint density at radius 1 is 0.667 bits per heavy atom. The predicted octanol–water partition coefficient (Wildman–Crippen LogP) is 6.42. The van der Waals surface area contributed by atoms with Gasteiger partial charge >= 0.3 is 0 Å². The Kier molecular flexibility index (Phi) is 6.66. The van der Waals surface area contributed by atoms with E-state index in [0.717, 1.165) is 20.1 Å². The molecule has 0 saturated heterocycles. The molecular weight excluding hydrogens is 432 g/mol. The van der Waals surface area contributed by atoms with Crippen molar-refractivity contribution in [2.75, 3.05) is 13.2 Å². The highest BCUT2D eigenvalue weighted by molar-refractivity contribution is 9.10. The number of rotatable bonds is 7. The zero-order valence-electron chi connectivity index (χ0n) is 14.6. The summed E-state index contributed by atoms with van der Waals surface area (Å²) >= 11 is 7.02. The monoisotopic (exact) mass is 454 g/mol. The zero-order chi connectivity index (χ0) is 17.8. The van der Waals surface area contributed by atoms with E-state index in [1.54, 1.807) is 0 Å². The first-order chi connectivity index (χ1) is 11.4. The molecule has 0 amide bonds. The van der Waals surface area contributed by atoms with E-state index in [-0.39, 0.29) is 0 Å². The third-order valence-electron chi connectivity index (χ3n) is 4.57. The maximum atomic E-state index is 6.31. The fourth-order valence-electron chi connectivity index (χ4n) is 3.11. The van der Waals surface area contributed by atoms with Gasteiger partial charge in [0.25, 0.3) is 0 Å². The lowest BCUT2D eigenvalue weighted by Gasteiger charge is -2.46. The van der Waals surface area contributed by atoms with Gasteiger partial charge in [-0.05, 0) is 63.1 Å². The van der Waals surface area contributed by atoms with Crippen LogP contribution in [0.25, 0.3) is 0 Å². The second-order valence-corrected chi connectivity index (χ2v) is 7.78. The molecule has 0 aliphatic carbocycles. The van der Waals surface area contributed by atoms with Gasteiger partial charge in [0.15, 0.2) is 0 Å². The van der Waals surface area contributed by atoms with Crippen LogP contribution >= 0.6 is 31.9 Å². The largest absolute Gasteiger partial charge is 0.367 e. The smallest absolute Gasteiger partial charge is 0.123 e. The second kappa shape index (κ2) is 8.13. The van der Waals surface area contributed by atoms with Crippen LogP contribution < -0.4 is 0 Å². The molecule has 0 saturated carbocycles. The molecule has 2 aromatic carbocycles. The molecule has 2 unspecified atom stereocenters. The first-order valence-corrected chi connectivity index (χ1v) is 9.76. The van der Waals surface area contributed by atoms with Crippen LogP contribution in [0.15, 0.2) is 57.5 Å². The number of hydrogen-bond donors (Lipinski definition) is 0. The molecule has 0 aliphatic heterocycles. The van der Waals surface area contributed by atoms with Crippen molar-refractivity contribution in [1.82, 2.24) is 0 Å². The minimum atomic E-state index is -0.619. The van der Waals surface area contributed by atoms with Gasteiger partial charge < -0.3 is 9.47 Å². The van der Waals surface area contributed by atoms with Crippen molar-refractivity contribution in [3.05, 3.63) is 68.6 Å². The van der Waals surface area contributed by atoms with Crippen LogP contribution in [0, 0.1) is 0 Å². The van der Waals surface area contributed by atoms with Crippen LogP contribution in [-0.2, 0) is 20.7 Å². The van der Waals surface area contributed by atoms with Crippen LogP contribution in [0.5, 0.6) is 0 Å². The van der Waals surface area contributed by atoms with Gasteiger partial charge in [-0.25, -0.2) is 0 Å². The third-order valence-corrected chi connectivity index (χ3v) is 5.62. The van der Waals surface area contributed by atoms with Crippen molar-refractivity contribution in [3.8, 4) is 0 Å². The predicted molar refractivity (Wildman–Crippen MR) is 106 cm³/mol. The fraction of sp³-hybridized carbons (Fsp3) is 0.400. The molecule has 0 heterocycles. The molecule has 0 radical (unpaired) electrons. The molecule has 0 spiro atoms. The summed E-state index contributed by atoms with van der Waals surface area (Å²) in [5.74, 6) is 0. The van der Waals surface area contributed by atoms with Crippen LogP contribution in [0.4, 0.5) is 0 Å². The average Bonchev–Trinajstić information content (AvgIpc) is 2.56. The molecular formula is C20H24Br2O2. The summed E-state index contributed by atoms with van der Waals surface area (Å²) in [5.41, 5.74) is 0.941. The molecule has 2 nitrogen and oxygen atoms in total. The normalized spacial score (nSPS) is 16.4. The van der Waals surface area contributed by atoms with E-state index >= 15 is 0 Å². The zero-order valence-corrected chi connectivity index (χ0v) is 17.8. The lowest BCUT2D eigenvalue weighted by Crippen LogP contribution is -2.49. The highest BCUT2D eigenvalue weighted by Gasteiger charge is 2.49. The Bertz CT molecular complexity index is 595. The quantitative estimate of drug-likeness (QED) is 0.479. The van der Waals surface area contributed by atoms with E-state index < -0.39 is 11.2 Å². The lowest BCUT2D eigenvalue weighted by atomic mass is 9.75. The summed E-state index contributed by atoms with van der Waals surface area (Å²) < 4.78 is 14.7. The van der Waals surface area contributed by atoms with Gasteiger partial charge in [-0.3, -0.25) is 0 Å². The summed E-state index contributed by atoms with van der Waals surface area (Å²) in [5, 5.41) is 0. The van der Waals surface area contributed by atoms with Gasteiger partial charge in [0.1, 0.15) is 11.2 Å². The highest BCUT2D eigenvalue weighted by atomic mass is 79.9. The SMILES string of the molecule is CCOC(C)(c1ccc(Br)cc1)C(C)(OCC)c1ccc(Br)cc1. The molecule has 0 bridgehead atoms. The van der Waals surface area contributed by atoms with Crippen LogP contribution in [0.1, 0.15) is 38.8 Å². The standard InChI is InChI=1S/C20H24Br2O2/c1-5-23-19(3,15-7-11-17(21)12-8-15)20(4,24-6-2)16-9-13-18(22)14-10-16/h7-14H,5-6H2,1-4H3. The minimum Gasteiger partial charge on any atom is -0.367 e. The first-order valence-electron chi connectivity index (χ1n) is 8.17. The van der Waals surface area contributed by atoms with Crippen LogP contribution in [0.3, 0.4) is 0 Å². The number of benzene rings is 2. The van der Waals surface area contributed by atoms with Crippen molar-refractivity contribution in [1.29, 1.82) is 0 Å². The van der Waals surface area contributed by atoms with E-state index in [1.807, 2.05) is 38.1 Å². The Morgan fingerprint density at radius 2 is 0.958 bits per heavy atom. The number of halogens is 2. The van der Waals surface area contributed by atoms with Crippen LogP contribution in [0.2, 0.25) is 0 Å². The molecule has 2 aromatic rings. The van der Waals surface area contributed by atoms with E-state index in [2.05, 4.69) is 70.0 Å². The maximum absolute atomic E-state index is 6.31. The van der Waals surface area contributed by atoms with E-state index in [0.29, 0.717) is 13.2 Å². The Balaban J connectivity index is 2.61. The van der Waals surface area contributed by atoms with Crippen LogP contribution in [-0.4, -0.2) is 13.2 Å². The van der Waals surface area contributed by atoms with Gasteiger partial charge in [-0.2, -0.15) is 0 Å². The van der Waals surface area contributed by atoms with E-state index in [4.69, 9.17) is 9.47 Å². The van der Waals surface area contributed by atoms with Gasteiger partial charge in [0.05, 0.1) is 0 Å². The minimum absolute atomic E-state index is 0.603. The summed E-state index contributed by atoms with van der Waals surface area (Å²) in [6.07, 6.45) is 0.